The maximum absolute atomic E-state index is 13.3. The van der Waals surface area contributed by atoms with Gasteiger partial charge in [0.15, 0.2) is 22.9 Å². The van der Waals surface area contributed by atoms with Gasteiger partial charge in [0.25, 0.3) is 11.1 Å². The Bertz CT molecular complexity index is 3230. The molecule has 0 unspecified atom stereocenters. The van der Waals surface area contributed by atoms with E-state index >= 15 is 0 Å². The molecule has 0 saturated heterocycles. The molecule has 0 fully saturated rings. The molecular weight excluding hydrogens is 869 g/mol. The highest BCUT2D eigenvalue weighted by molar-refractivity contribution is 5.79. The SMILES string of the molecule is C.C.COCCOc1cnc2ccn([C@@H](C)c3nnc4ccc(-c5cnn(C)c5)cn34)c(=O)c2c1.COCCOc1cnc2ccn([C@H](C)c3nnc4ccc(-c5cnn(C)c5)cn34)c(=O)c2c1. The van der Waals surface area contributed by atoms with Gasteiger partial charge < -0.3 is 28.1 Å². The number of hydrogen-bond acceptors (Lipinski definition) is 14. The van der Waals surface area contributed by atoms with Gasteiger partial charge in [0.1, 0.15) is 24.7 Å². The molecule has 0 N–H and O–H groups in total. The van der Waals surface area contributed by atoms with Gasteiger partial charge in [-0.3, -0.25) is 37.7 Å². The quantitative estimate of drug-likeness (QED) is 0.111. The molecule has 0 saturated carbocycles. The number of methoxy groups -OCH3 is 2. The summed E-state index contributed by atoms with van der Waals surface area (Å²) in [4.78, 5) is 35.4. The van der Waals surface area contributed by atoms with Crippen molar-refractivity contribution in [2.24, 2.45) is 14.1 Å². The standard InChI is InChI=1S/2C23H23N7O3.2CH4/c2*1-15(22-27-26-21-5-4-16(14-30(21)22)17-11-25-28(2)13-17)29-7-6-20-19(23(29)31)10-18(12-24-20)33-9-8-32-3;;/h2*4-7,10-15H,8-9H2,1-3H3;2*1H4/t2*15-;;/m10../s1. The molecule has 10 rings (SSSR count). The van der Waals surface area contributed by atoms with Crippen molar-refractivity contribution in [2.75, 3.05) is 40.6 Å². The van der Waals surface area contributed by atoms with Crippen LogP contribution in [0, 0.1) is 0 Å². The van der Waals surface area contributed by atoms with E-state index in [2.05, 4.69) is 40.6 Å². The van der Waals surface area contributed by atoms with Crippen molar-refractivity contribution < 1.29 is 18.9 Å². The van der Waals surface area contributed by atoms with E-state index in [0.29, 0.717) is 82.7 Å². The topological polar surface area (TPSA) is 203 Å². The van der Waals surface area contributed by atoms with Gasteiger partial charge in [-0.2, -0.15) is 10.2 Å². The Kier molecular flexibility index (Phi) is 14.5. The Morgan fingerprint density at radius 2 is 0.956 bits per heavy atom. The highest BCUT2D eigenvalue weighted by atomic mass is 16.5. The molecule has 10 heterocycles. The van der Waals surface area contributed by atoms with Gasteiger partial charge >= 0.3 is 0 Å². The fraction of sp³-hybridized carbons (Fsp3) is 0.292. The van der Waals surface area contributed by atoms with E-state index in [1.165, 1.54) is 0 Å². The van der Waals surface area contributed by atoms with E-state index in [1.807, 2.05) is 110 Å². The predicted octanol–water partition coefficient (Wildman–Crippen LogP) is 6.22. The number of aryl methyl sites for hydroxylation is 2. The summed E-state index contributed by atoms with van der Waals surface area (Å²) in [5.41, 5.74) is 6.20. The molecular formula is C48H54N14O6. The van der Waals surface area contributed by atoms with Gasteiger partial charge in [-0.05, 0) is 62.4 Å². The molecule has 0 radical (unpaired) electrons. The molecule has 20 nitrogen and oxygen atoms in total. The number of fused-ring (bicyclic) bond motifs is 4. The van der Waals surface area contributed by atoms with E-state index < -0.39 is 0 Å². The van der Waals surface area contributed by atoms with E-state index in [1.54, 1.807) is 69.6 Å². The first-order chi connectivity index (χ1) is 32.1. The molecule has 0 spiro atoms. The molecule has 0 aliphatic heterocycles. The highest BCUT2D eigenvalue weighted by Crippen LogP contribution is 2.25. The molecule has 68 heavy (non-hydrogen) atoms. The second kappa shape index (κ2) is 20.6. The van der Waals surface area contributed by atoms with Crippen molar-refractivity contribution in [3.63, 3.8) is 0 Å². The van der Waals surface area contributed by atoms with Crippen LogP contribution >= 0.6 is 0 Å². The van der Waals surface area contributed by atoms with Crippen LogP contribution in [0.4, 0.5) is 0 Å². The van der Waals surface area contributed by atoms with Gasteiger partial charge in [-0.15, -0.1) is 20.4 Å². The average molecular weight is 923 g/mol. The Labute approximate surface area is 391 Å². The summed E-state index contributed by atoms with van der Waals surface area (Å²) < 4.78 is 31.9. The second-order valence-electron chi connectivity index (χ2n) is 15.5. The van der Waals surface area contributed by atoms with Gasteiger partial charge in [-0.25, -0.2) is 0 Å². The molecule has 2 atom stereocenters. The third-order valence-electron chi connectivity index (χ3n) is 11.1. The first-order valence-corrected chi connectivity index (χ1v) is 21.0. The van der Waals surface area contributed by atoms with Gasteiger partial charge in [0, 0.05) is 87.7 Å². The number of rotatable bonds is 14. The number of aromatic nitrogens is 14. The molecule has 0 bridgehead atoms. The lowest BCUT2D eigenvalue weighted by Crippen LogP contribution is -2.25. The van der Waals surface area contributed by atoms with Crippen LogP contribution in [-0.4, -0.2) is 109 Å². The molecule has 0 amide bonds. The zero-order valence-electron chi connectivity index (χ0n) is 37.1. The highest BCUT2D eigenvalue weighted by Gasteiger charge is 2.21. The van der Waals surface area contributed by atoms with Crippen molar-refractivity contribution in [1.82, 2.24) is 67.9 Å². The fourth-order valence-electron chi connectivity index (χ4n) is 7.61. The number of hydrogen-bond donors (Lipinski definition) is 0. The summed E-state index contributed by atoms with van der Waals surface area (Å²) in [6.07, 6.45) is 18.1. The van der Waals surface area contributed by atoms with Gasteiger partial charge in [0.2, 0.25) is 0 Å². The lowest BCUT2D eigenvalue weighted by atomic mass is 10.1. The predicted molar refractivity (Wildman–Crippen MR) is 258 cm³/mol. The van der Waals surface area contributed by atoms with E-state index in [-0.39, 0.29) is 38.1 Å². The normalized spacial score (nSPS) is 12.1. The third kappa shape index (κ3) is 9.58. The Morgan fingerprint density at radius 3 is 1.34 bits per heavy atom. The van der Waals surface area contributed by atoms with Crippen molar-refractivity contribution in [1.29, 1.82) is 0 Å². The molecule has 0 aliphatic carbocycles. The largest absolute Gasteiger partial charge is 0.490 e. The van der Waals surface area contributed by atoms with E-state index in [4.69, 9.17) is 18.9 Å². The summed E-state index contributed by atoms with van der Waals surface area (Å²) in [5.74, 6) is 2.35. The lowest BCUT2D eigenvalue weighted by molar-refractivity contribution is 0.146. The zero-order valence-corrected chi connectivity index (χ0v) is 37.1. The molecule has 0 aromatic carbocycles. The summed E-state index contributed by atoms with van der Waals surface area (Å²) >= 11 is 0. The van der Waals surface area contributed by atoms with Gasteiger partial charge in [-0.1, -0.05) is 14.9 Å². The molecule has 352 valence electrons. The molecule has 10 aromatic heterocycles. The van der Waals surface area contributed by atoms with Crippen molar-refractivity contribution >= 4 is 33.1 Å². The van der Waals surface area contributed by atoms with Crippen LogP contribution in [0.15, 0.2) is 120 Å². The Hall–Kier alpha value is -8.10. The Morgan fingerprint density at radius 1 is 0.529 bits per heavy atom. The third-order valence-corrected chi connectivity index (χ3v) is 11.1. The van der Waals surface area contributed by atoms with E-state index in [9.17, 15) is 9.59 Å². The van der Waals surface area contributed by atoms with Crippen LogP contribution in [-0.2, 0) is 23.6 Å². The lowest BCUT2D eigenvalue weighted by Gasteiger charge is -2.15. The summed E-state index contributed by atoms with van der Waals surface area (Å²) in [6.45, 7) is 5.52. The van der Waals surface area contributed by atoms with Crippen molar-refractivity contribution in [3.05, 3.63) is 143 Å². The number of pyridine rings is 6. The van der Waals surface area contributed by atoms with Crippen LogP contribution in [0.5, 0.6) is 11.5 Å². The number of ether oxygens (including phenoxy) is 4. The van der Waals surface area contributed by atoms with Crippen LogP contribution < -0.4 is 20.6 Å². The summed E-state index contributed by atoms with van der Waals surface area (Å²) in [7, 11) is 6.97. The zero-order chi connectivity index (χ0) is 45.9. The molecule has 10 aromatic rings. The van der Waals surface area contributed by atoms with Crippen molar-refractivity contribution in [3.8, 4) is 33.8 Å². The second-order valence-corrected chi connectivity index (χ2v) is 15.5. The molecule has 20 heteroatoms. The minimum Gasteiger partial charge on any atom is -0.490 e. The summed E-state index contributed by atoms with van der Waals surface area (Å²) in [6, 6.07) is 14.1. The summed E-state index contributed by atoms with van der Waals surface area (Å²) in [5, 5.41) is 26.8. The van der Waals surface area contributed by atoms with Crippen LogP contribution in [0.25, 0.3) is 55.4 Å². The average Bonchev–Trinajstić information content (AvgIpc) is 4.16. The van der Waals surface area contributed by atoms with Crippen LogP contribution in [0.2, 0.25) is 0 Å². The van der Waals surface area contributed by atoms with Crippen LogP contribution in [0.1, 0.15) is 52.4 Å². The smallest absolute Gasteiger partial charge is 0.260 e. The van der Waals surface area contributed by atoms with Gasteiger partial charge in [0.05, 0.1) is 71.9 Å². The van der Waals surface area contributed by atoms with Crippen LogP contribution in [0.3, 0.4) is 0 Å². The first kappa shape index (κ1) is 47.9. The first-order valence-electron chi connectivity index (χ1n) is 21.0. The van der Waals surface area contributed by atoms with E-state index in [0.717, 1.165) is 22.3 Å². The maximum Gasteiger partial charge on any atom is 0.260 e. The fourth-order valence-corrected chi connectivity index (χ4v) is 7.61. The monoisotopic (exact) mass is 922 g/mol. The number of nitrogens with zero attached hydrogens (tertiary/aromatic N) is 14. The minimum absolute atomic E-state index is 0. The maximum atomic E-state index is 13.3. The molecule has 0 aliphatic rings. The van der Waals surface area contributed by atoms with Crippen molar-refractivity contribution in [2.45, 2.75) is 40.8 Å². The Balaban J connectivity index is 0.000000196. The minimum atomic E-state index is -0.362.